The average Bonchev–Trinajstić information content (AvgIpc) is 3.06. The second kappa shape index (κ2) is 6.54. The molecule has 2 rings (SSSR count). The summed E-state index contributed by atoms with van der Waals surface area (Å²) in [5.74, 6) is 1.50. The van der Waals surface area contributed by atoms with Gasteiger partial charge in [-0.2, -0.15) is 14.7 Å². The van der Waals surface area contributed by atoms with Gasteiger partial charge < -0.3 is 10.6 Å². The molecular formula is C13H19N7S. The SMILES string of the molecule is CC(C)c1nsc(N(C)CCCc2[nH]nc(N)c2C#N)n1. The molecule has 112 valence electrons. The van der Waals surface area contributed by atoms with Gasteiger partial charge in [0, 0.05) is 31.0 Å². The van der Waals surface area contributed by atoms with Crippen molar-refractivity contribution in [2.24, 2.45) is 0 Å². The maximum absolute atomic E-state index is 9.01. The Bertz CT molecular complexity index is 637. The van der Waals surface area contributed by atoms with Crippen molar-refractivity contribution in [3.05, 3.63) is 17.1 Å². The molecule has 3 N–H and O–H groups in total. The number of anilines is 2. The normalized spacial score (nSPS) is 10.8. The van der Waals surface area contributed by atoms with Crippen molar-refractivity contribution in [2.45, 2.75) is 32.6 Å². The molecule has 0 radical (unpaired) electrons. The van der Waals surface area contributed by atoms with Crippen molar-refractivity contribution in [1.82, 2.24) is 19.6 Å². The molecule has 0 aliphatic carbocycles. The Morgan fingerprint density at radius 2 is 2.24 bits per heavy atom. The summed E-state index contributed by atoms with van der Waals surface area (Å²) in [4.78, 5) is 6.59. The molecule has 0 unspecified atom stereocenters. The molecule has 0 aliphatic rings. The van der Waals surface area contributed by atoms with E-state index in [0.717, 1.165) is 36.0 Å². The number of nitriles is 1. The molecule has 0 saturated carbocycles. The monoisotopic (exact) mass is 305 g/mol. The lowest BCUT2D eigenvalue weighted by Crippen LogP contribution is -2.19. The molecule has 0 fully saturated rings. The molecule has 0 bridgehead atoms. The highest BCUT2D eigenvalue weighted by Gasteiger charge is 2.13. The standard InChI is InChI=1S/C13H19N7S/c1-8(2)12-16-13(21-19-12)20(3)6-4-5-10-9(7-14)11(15)18-17-10/h8H,4-6H2,1-3H3,(H3,15,17,18). The number of nitrogens with two attached hydrogens (primary N) is 1. The first-order valence-corrected chi connectivity index (χ1v) is 7.57. The first-order valence-electron chi connectivity index (χ1n) is 6.80. The van der Waals surface area contributed by atoms with Gasteiger partial charge in [-0.3, -0.25) is 5.10 Å². The Hall–Kier alpha value is -2.14. The number of aryl methyl sites for hydroxylation is 1. The number of nitrogens with zero attached hydrogens (tertiary/aromatic N) is 5. The van der Waals surface area contributed by atoms with E-state index in [2.05, 4.69) is 44.4 Å². The fraction of sp³-hybridized carbons (Fsp3) is 0.538. The molecule has 0 aromatic carbocycles. The van der Waals surface area contributed by atoms with Crippen LogP contribution in [0.2, 0.25) is 0 Å². The number of hydrogen-bond acceptors (Lipinski definition) is 7. The van der Waals surface area contributed by atoms with Crippen LogP contribution in [0.25, 0.3) is 0 Å². The minimum atomic E-state index is 0.270. The second-order valence-electron chi connectivity index (χ2n) is 5.19. The summed E-state index contributed by atoms with van der Waals surface area (Å²) in [5.41, 5.74) is 6.86. The Labute approximate surface area is 128 Å². The summed E-state index contributed by atoms with van der Waals surface area (Å²) in [6.45, 7) is 4.99. The average molecular weight is 305 g/mol. The van der Waals surface area contributed by atoms with E-state index < -0.39 is 0 Å². The zero-order chi connectivity index (χ0) is 15.4. The van der Waals surface area contributed by atoms with Gasteiger partial charge in [0.15, 0.2) is 5.82 Å². The smallest absolute Gasteiger partial charge is 0.204 e. The summed E-state index contributed by atoms with van der Waals surface area (Å²) in [5, 5.41) is 16.6. The van der Waals surface area contributed by atoms with E-state index in [0.29, 0.717) is 11.5 Å². The van der Waals surface area contributed by atoms with Crippen molar-refractivity contribution in [2.75, 3.05) is 24.2 Å². The van der Waals surface area contributed by atoms with Crippen LogP contribution in [0.4, 0.5) is 10.9 Å². The van der Waals surface area contributed by atoms with Crippen LogP contribution in [0.1, 0.15) is 43.3 Å². The van der Waals surface area contributed by atoms with E-state index in [1.165, 1.54) is 11.5 Å². The molecule has 8 heteroatoms. The first kappa shape index (κ1) is 15.3. The van der Waals surface area contributed by atoms with Crippen LogP contribution >= 0.6 is 11.5 Å². The van der Waals surface area contributed by atoms with Crippen LogP contribution in [-0.4, -0.2) is 33.1 Å². The van der Waals surface area contributed by atoms with Gasteiger partial charge in [-0.1, -0.05) is 13.8 Å². The van der Waals surface area contributed by atoms with Crippen LogP contribution in [0.5, 0.6) is 0 Å². The molecule has 21 heavy (non-hydrogen) atoms. The summed E-state index contributed by atoms with van der Waals surface area (Å²) in [6, 6.07) is 2.08. The number of rotatable bonds is 6. The molecule has 0 spiro atoms. The lowest BCUT2D eigenvalue weighted by Gasteiger charge is -2.14. The maximum Gasteiger partial charge on any atom is 0.204 e. The largest absolute Gasteiger partial charge is 0.381 e. The third-order valence-electron chi connectivity index (χ3n) is 3.18. The quantitative estimate of drug-likeness (QED) is 0.844. The fourth-order valence-corrected chi connectivity index (χ4v) is 2.70. The second-order valence-corrected chi connectivity index (χ2v) is 5.92. The van der Waals surface area contributed by atoms with Crippen LogP contribution in [0, 0.1) is 11.3 Å². The van der Waals surface area contributed by atoms with Gasteiger partial charge in [0.05, 0.1) is 5.69 Å². The maximum atomic E-state index is 9.01. The Kier molecular flexibility index (Phi) is 4.75. The number of hydrogen-bond donors (Lipinski definition) is 2. The van der Waals surface area contributed by atoms with Gasteiger partial charge in [0.1, 0.15) is 17.5 Å². The Balaban J connectivity index is 1.89. The lowest BCUT2D eigenvalue weighted by atomic mass is 10.1. The van der Waals surface area contributed by atoms with Gasteiger partial charge in [-0.15, -0.1) is 0 Å². The van der Waals surface area contributed by atoms with Crippen molar-refractivity contribution >= 4 is 22.5 Å². The van der Waals surface area contributed by atoms with Crippen molar-refractivity contribution in [1.29, 1.82) is 5.26 Å². The summed E-state index contributed by atoms with van der Waals surface area (Å²) in [6.07, 6.45) is 1.61. The highest BCUT2D eigenvalue weighted by molar-refractivity contribution is 7.09. The molecule has 7 nitrogen and oxygen atoms in total. The Morgan fingerprint density at radius 1 is 1.48 bits per heavy atom. The van der Waals surface area contributed by atoms with Crippen LogP contribution < -0.4 is 10.6 Å². The van der Waals surface area contributed by atoms with Gasteiger partial charge in [0.2, 0.25) is 5.13 Å². The predicted octanol–water partition coefficient (Wildman–Crippen LogP) is 1.91. The van der Waals surface area contributed by atoms with Gasteiger partial charge in [-0.05, 0) is 12.8 Å². The van der Waals surface area contributed by atoms with E-state index in [9.17, 15) is 0 Å². The zero-order valence-electron chi connectivity index (χ0n) is 12.4. The minimum Gasteiger partial charge on any atom is -0.381 e. The summed E-state index contributed by atoms with van der Waals surface area (Å²) >= 11 is 1.42. The summed E-state index contributed by atoms with van der Waals surface area (Å²) in [7, 11) is 2.00. The molecule has 0 saturated heterocycles. The van der Waals surface area contributed by atoms with Crippen molar-refractivity contribution < 1.29 is 0 Å². The number of nitrogen functional groups attached to an aromatic ring is 1. The predicted molar refractivity (Wildman–Crippen MR) is 83.3 cm³/mol. The van der Waals surface area contributed by atoms with E-state index in [-0.39, 0.29) is 5.82 Å². The molecule has 0 amide bonds. The molecule has 0 aliphatic heterocycles. The fourth-order valence-electron chi connectivity index (χ4n) is 1.90. The number of nitrogens with one attached hydrogen (secondary N) is 1. The van der Waals surface area contributed by atoms with Crippen molar-refractivity contribution in [3.63, 3.8) is 0 Å². The van der Waals surface area contributed by atoms with E-state index >= 15 is 0 Å². The van der Waals surface area contributed by atoms with Crippen LogP contribution in [0.3, 0.4) is 0 Å². The highest BCUT2D eigenvalue weighted by atomic mass is 32.1. The number of aromatic nitrogens is 4. The minimum absolute atomic E-state index is 0.270. The van der Waals surface area contributed by atoms with Gasteiger partial charge in [0.25, 0.3) is 0 Å². The Morgan fingerprint density at radius 3 is 2.86 bits per heavy atom. The first-order chi connectivity index (χ1) is 10.0. The van der Waals surface area contributed by atoms with Gasteiger partial charge >= 0.3 is 0 Å². The summed E-state index contributed by atoms with van der Waals surface area (Å²) < 4.78 is 4.35. The van der Waals surface area contributed by atoms with Gasteiger partial charge in [-0.25, -0.2) is 4.98 Å². The molecule has 2 aromatic heterocycles. The van der Waals surface area contributed by atoms with E-state index in [1.54, 1.807) is 0 Å². The molecule has 2 aromatic rings. The topological polar surface area (TPSA) is 108 Å². The molecule has 0 atom stereocenters. The number of aromatic amines is 1. The van der Waals surface area contributed by atoms with E-state index in [1.807, 2.05) is 7.05 Å². The third-order valence-corrected chi connectivity index (χ3v) is 4.02. The van der Waals surface area contributed by atoms with Crippen LogP contribution in [-0.2, 0) is 6.42 Å². The van der Waals surface area contributed by atoms with Crippen LogP contribution in [0.15, 0.2) is 0 Å². The lowest BCUT2D eigenvalue weighted by molar-refractivity contribution is 0.755. The zero-order valence-corrected chi connectivity index (χ0v) is 13.2. The highest BCUT2D eigenvalue weighted by Crippen LogP contribution is 2.21. The van der Waals surface area contributed by atoms with Crippen molar-refractivity contribution in [3.8, 4) is 6.07 Å². The molecular weight excluding hydrogens is 286 g/mol. The number of H-pyrrole nitrogens is 1. The molecule has 2 heterocycles. The van der Waals surface area contributed by atoms with E-state index in [4.69, 9.17) is 11.0 Å². The third kappa shape index (κ3) is 3.49.